The lowest BCUT2D eigenvalue weighted by molar-refractivity contribution is 0.658. The topological polar surface area (TPSA) is 68.5 Å². The smallest absolute Gasteiger partial charge is 0.180 e. The van der Waals surface area contributed by atoms with Gasteiger partial charge < -0.3 is 9.88 Å². The highest BCUT2D eigenvalue weighted by Gasteiger charge is 2.11. The summed E-state index contributed by atoms with van der Waals surface area (Å²) in [5.41, 5.74) is 5.06. The number of benzene rings is 1. The van der Waals surface area contributed by atoms with Crippen LogP contribution in [0.3, 0.4) is 0 Å². The molecule has 142 valence electrons. The number of nitrogens with zero attached hydrogens (tertiary/aromatic N) is 5. The van der Waals surface area contributed by atoms with Crippen molar-refractivity contribution in [1.82, 2.24) is 24.5 Å². The molecule has 0 atom stereocenters. The van der Waals surface area contributed by atoms with E-state index in [9.17, 15) is 0 Å². The zero-order valence-corrected chi connectivity index (χ0v) is 16.5. The van der Waals surface area contributed by atoms with Crippen LogP contribution >= 0.6 is 0 Å². The first-order chi connectivity index (χ1) is 13.6. The van der Waals surface area contributed by atoms with E-state index in [1.54, 1.807) is 6.20 Å². The first kappa shape index (κ1) is 18.1. The van der Waals surface area contributed by atoms with Gasteiger partial charge in [-0.3, -0.25) is 4.98 Å². The molecule has 1 aromatic carbocycles. The molecule has 0 radical (unpaired) electrons. The molecule has 0 fully saturated rings. The van der Waals surface area contributed by atoms with Crippen molar-refractivity contribution >= 4 is 16.9 Å². The Bertz CT molecular complexity index is 1100. The summed E-state index contributed by atoms with van der Waals surface area (Å²) in [6, 6.07) is 14.0. The van der Waals surface area contributed by atoms with Gasteiger partial charge in [-0.15, -0.1) is 0 Å². The Hall–Kier alpha value is -3.28. The maximum absolute atomic E-state index is 4.70. The average Bonchev–Trinajstić information content (AvgIpc) is 3.04. The van der Waals surface area contributed by atoms with E-state index in [4.69, 9.17) is 4.98 Å². The summed E-state index contributed by atoms with van der Waals surface area (Å²) in [5, 5.41) is 3.48. The standard InChI is InChI=1S/C22H24N6/c1-15-16(2)25-22(19-10-6-7-12-23-19)27-21(15)24-13-8-14-28-17(3)26-18-9-4-5-11-20(18)28/h4-7,9-12H,8,13-14H2,1-3H3,(H,24,25,27). The first-order valence-electron chi connectivity index (χ1n) is 9.56. The van der Waals surface area contributed by atoms with E-state index in [1.165, 1.54) is 5.52 Å². The molecule has 0 unspecified atom stereocenters. The highest BCUT2D eigenvalue weighted by molar-refractivity contribution is 5.75. The molecule has 0 aliphatic carbocycles. The number of rotatable bonds is 6. The molecule has 28 heavy (non-hydrogen) atoms. The fourth-order valence-electron chi connectivity index (χ4n) is 3.33. The van der Waals surface area contributed by atoms with Crippen LogP contribution < -0.4 is 5.32 Å². The molecule has 6 nitrogen and oxygen atoms in total. The van der Waals surface area contributed by atoms with Crippen molar-refractivity contribution in [2.45, 2.75) is 33.7 Å². The van der Waals surface area contributed by atoms with Crippen molar-refractivity contribution in [2.24, 2.45) is 0 Å². The molecule has 0 bridgehead atoms. The predicted molar refractivity (Wildman–Crippen MR) is 112 cm³/mol. The van der Waals surface area contributed by atoms with E-state index < -0.39 is 0 Å². The monoisotopic (exact) mass is 372 g/mol. The third-order valence-corrected chi connectivity index (χ3v) is 4.98. The highest BCUT2D eigenvalue weighted by atomic mass is 15.1. The molecule has 3 heterocycles. The van der Waals surface area contributed by atoms with Gasteiger partial charge in [-0.2, -0.15) is 0 Å². The highest BCUT2D eigenvalue weighted by Crippen LogP contribution is 2.20. The summed E-state index contributed by atoms with van der Waals surface area (Å²) in [6.07, 6.45) is 2.74. The molecule has 4 aromatic rings. The Kier molecular flexibility index (Phi) is 5.02. The zero-order chi connectivity index (χ0) is 19.5. The number of fused-ring (bicyclic) bond motifs is 1. The molecule has 0 saturated heterocycles. The van der Waals surface area contributed by atoms with Crippen LogP contribution in [0.15, 0.2) is 48.7 Å². The van der Waals surface area contributed by atoms with Gasteiger partial charge in [0.05, 0.1) is 11.0 Å². The molecular weight excluding hydrogens is 348 g/mol. The number of imidazole rings is 1. The maximum Gasteiger partial charge on any atom is 0.180 e. The van der Waals surface area contributed by atoms with Crippen LogP contribution in [0, 0.1) is 20.8 Å². The van der Waals surface area contributed by atoms with Crippen LogP contribution in [0.4, 0.5) is 5.82 Å². The minimum absolute atomic E-state index is 0.655. The number of hydrogen-bond donors (Lipinski definition) is 1. The van der Waals surface area contributed by atoms with Crippen LogP contribution in [0.2, 0.25) is 0 Å². The minimum Gasteiger partial charge on any atom is -0.370 e. The van der Waals surface area contributed by atoms with Gasteiger partial charge in [0.1, 0.15) is 17.3 Å². The molecule has 0 aliphatic heterocycles. The number of hydrogen-bond acceptors (Lipinski definition) is 5. The van der Waals surface area contributed by atoms with E-state index in [2.05, 4.69) is 50.0 Å². The van der Waals surface area contributed by atoms with E-state index in [0.717, 1.165) is 53.6 Å². The normalized spacial score (nSPS) is 11.1. The summed E-state index contributed by atoms with van der Waals surface area (Å²) >= 11 is 0. The molecule has 3 aromatic heterocycles. The second kappa shape index (κ2) is 7.76. The van der Waals surface area contributed by atoms with Crippen LogP contribution in [0.1, 0.15) is 23.5 Å². The van der Waals surface area contributed by atoms with Gasteiger partial charge in [0.25, 0.3) is 0 Å². The van der Waals surface area contributed by atoms with E-state index in [-0.39, 0.29) is 0 Å². The minimum atomic E-state index is 0.655. The molecular formula is C22H24N6. The predicted octanol–water partition coefficient (Wildman–Crippen LogP) is 4.32. The number of nitrogens with one attached hydrogen (secondary N) is 1. The van der Waals surface area contributed by atoms with Gasteiger partial charge in [0, 0.05) is 30.5 Å². The summed E-state index contributed by atoms with van der Waals surface area (Å²) < 4.78 is 2.27. The third kappa shape index (κ3) is 3.58. The van der Waals surface area contributed by atoms with Crippen molar-refractivity contribution in [3.63, 3.8) is 0 Å². The summed E-state index contributed by atoms with van der Waals surface area (Å²) in [4.78, 5) is 18.3. The van der Waals surface area contributed by atoms with Crippen molar-refractivity contribution in [2.75, 3.05) is 11.9 Å². The Morgan fingerprint density at radius 2 is 1.75 bits per heavy atom. The lowest BCUT2D eigenvalue weighted by Crippen LogP contribution is -2.11. The average molecular weight is 372 g/mol. The van der Waals surface area contributed by atoms with Crippen LogP contribution in [-0.4, -0.2) is 31.0 Å². The Labute approximate surface area is 164 Å². The van der Waals surface area contributed by atoms with Gasteiger partial charge in [0.15, 0.2) is 5.82 Å². The summed E-state index contributed by atoms with van der Waals surface area (Å²) in [6.45, 7) is 7.86. The van der Waals surface area contributed by atoms with Gasteiger partial charge in [-0.1, -0.05) is 18.2 Å². The lowest BCUT2D eigenvalue weighted by atomic mass is 10.2. The fraction of sp³-hybridized carbons (Fsp3) is 0.273. The SMILES string of the molecule is Cc1nc(-c2ccccn2)nc(NCCCn2c(C)nc3ccccc32)c1C. The Morgan fingerprint density at radius 1 is 0.929 bits per heavy atom. The second-order valence-electron chi connectivity index (χ2n) is 6.90. The van der Waals surface area contributed by atoms with Crippen LogP contribution in [0.5, 0.6) is 0 Å². The molecule has 1 N–H and O–H groups in total. The lowest BCUT2D eigenvalue weighted by Gasteiger charge is -2.13. The molecule has 0 amide bonds. The fourth-order valence-corrected chi connectivity index (χ4v) is 3.33. The van der Waals surface area contributed by atoms with Crippen LogP contribution in [-0.2, 0) is 6.54 Å². The summed E-state index contributed by atoms with van der Waals surface area (Å²) in [5.74, 6) is 2.58. The van der Waals surface area contributed by atoms with Crippen molar-refractivity contribution in [1.29, 1.82) is 0 Å². The third-order valence-electron chi connectivity index (χ3n) is 4.98. The molecule has 0 spiro atoms. The quantitative estimate of drug-likeness (QED) is 0.511. The summed E-state index contributed by atoms with van der Waals surface area (Å²) in [7, 11) is 0. The molecule has 0 saturated carbocycles. The number of para-hydroxylation sites is 2. The Balaban J connectivity index is 1.46. The largest absolute Gasteiger partial charge is 0.370 e. The van der Waals surface area contributed by atoms with Gasteiger partial charge in [-0.05, 0) is 51.5 Å². The maximum atomic E-state index is 4.70. The van der Waals surface area contributed by atoms with Gasteiger partial charge in [0.2, 0.25) is 0 Å². The zero-order valence-electron chi connectivity index (χ0n) is 16.5. The van der Waals surface area contributed by atoms with Gasteiger partial charge in [-0.25, -0.2) is 15.0 Å². The molecule has 6 heteroatoms. The first-order valence-corrected chi connectivity index (χ1v) is 9.56. The van der Waals surface area contributed by atoms with E-state index >= 15 is 0 Å². The number of anilines is 1. The second-order valence-corrected chi connectivity index (χ2v) is 6.90. The number of aromatic nitrogens is 5. The van der Waals surface area contributed by atoms with E-state index in [0.29, 0.717) is 5.82 Å². The van der Waals surface area contributed by atoms with Crippen molar-refractivity contribution in [3.05, 3.63) is 65.7 Å². The van der Waals surface area contributed by atoms with E-state index in [1.807, 2.05) is 38.1 Å². The Morgan fingerprint density at radius 3 is 2.57 bits per heavy atom. The van der Waals surface area contributed by atoms with Crippen molar-refractivity contribution in [3.8, 4) is 11.5 Å². The van der Waals surface area contributed by atoms with Crippen molar-refractivity contribution < 1.29 is 0 Å². The number of aryl methyl sites for hydroxylation is 3. The molecule has 0 aliphatic rings. The number of pyridine rings is 1. The van der Waals surface area contributed by atoms with Crippen LogP contribution in [0.25, 0.3) is 22.6 Å². The molecule has 4 rings (SSSR count). The van der Waals surface area contributed by atoms with Gasteiger partial charge >= 0.3 is 0 Å².